The first-order chi connectivity index (χ1) is 8.63. The number of hydrogen-bond acceptors (Lipinski definition) is 2. The molecule has 0 aromatic heterocycles. The lowest BCUT2D eigenvalue weighted by molar-refractivity contribution is -0.131. The Balaban J connectivity index is 2.23. The van der Waals surface area contributed by atoms with E-state index in [1.54, 1.807) is 0 Å². The number of thioether (sulfide) groups is 1. The molecule has 98 valence electrons. The standard InChI is InChI=1S/C15H21NOS/c1-4-5-14(17)16-8-9-18-15(16)13-7-6-11(2)10-12(13)3/h6-7,10,15H,4-5,8-9H2,1-3H3. The fourth-order valence-electron chi connectivity index (χ4n) is 2.44. The number of benzene rings is 1. The van der Waals surface area contributed by atoms with Crippen molar-refractivity contribution in [2.75, 3.05) is 12.3 Å². The SMILES string of the molecule is CCCC(=O)N1CCSC1c1ccc(C)cc1C. The summed E-state index contributed by atoms with van der Waals surface area (Å²) < 4.78 is 0. The average molecular weight is 263 g/mol. The van der Waals surface area contributed by atoms with Crippen molar-refractivity contribution >= 4 is 17.7 Å². The summed E-state index contributed by atoms with van der Waals surface area (Å²) in [6, 6.07) is 6.53. The van der Waals surface area contributed by atoms with Gasteiger partial charge in [-0.05, 0) is 31.4 Å². The Morgan fingerprint density at radius 2 is 2.22 bits per heavy atom. The number of rotatable bonds is 3. The van der Waals surface area contributed by atoms with Gasteiger partial charge in [0.05, 0.1) is 0 Å². The van der Waals surface area contributed by atoms with Crippen molar-refractivity contribution in [3.63, 3.8) is 0 Å². The quantitative estimate of drug-likeness (QED) is 0.829. The summed E-state index contributed by atoms with van der Waals surface area (Å²) in [6.07, 6.45) is 1.60. The van der Waals surface area contributed by atoms with E-state index in [4.69, 9.17) is 0 Å². The van der Waals surface area contributed by atoms with Crippen LogP contribution in [0.4, 0.5) is 0 Å². The van der Waals surface area contributed by atoms with Crippen LogP contribution in [0.25, 0.3) is 0 Å². The van der Waals surface area contributed by atoms with Crippen molar-refractivity contribution in [3.05, 3.63) is 34.9 Å². The van der Waals surface area contributed by atoms with Gasteiger partial charge in [0.1, 0.15) is 5.37 Å². The van der Waals surface area contributed by atoms with Gasteiger partial charge in [-0.25, -0.2) is 0 Å². The first-order valence-corrected chi connectivity index (χ1v) is 7.66. The molecular weight excluding hydrogens is 242 g/mol. The lowest BCUT2D eigenvalue weighted by Gasteiger charge is -2.25. The van der Waals surface area contributed by atoms with Crippen LogP contribution in [0.5, 0.6) is 0 Å². The predicted octanol–water partition coefficient (Wildman–Crippen LogP) is 3.68. The molecule has 1 saturated heterocycles. The zero-order valence-corrected chi connectivity index (χ0v) is 12.2. The molecule has 18 heavy (non-hydrogen) atoms. The van der Waals surface area contributed by atoms with E-state index in [0.29, 0.717) is 12.3 Å². The van der Waals surface area contributed by atoms with E-state index < -0.39 is 0 Å². The molecule has 1 heterocycles. The third-order valence-corrected chi connectivity index (χ3v) is 4.61. The lowest BCUT2D eigenvalue weighted by Crippen LogP contribution is -2.30. The molecule has 0 bridgehead atoms. The Morgan fingerprint density at radius 1 is 1.44 bits per heavy atom. The van der Waals surface area contributed by atoms with Gasteiger partial charge in [0.25, 0.3) is 0 Å². The summed E-state index contributed by atoms with van der Waals surface area (Å²) in [4.78, 5) is 14.2. The fourth-order valence-corrected chi connectivity index (χ4v) is 3.82. The lowest BCUT2D eigenvalue weighted by atomic mass is 10.0. The molecule has 1 amide bonds. The molecule has 0 spiro atoms. The number of carbonyl (C=O) groups excluding carboxylic acids is 1. The molecule has 1 aliphatic heterocycles. The largest absolute Gasteiger partial charge is 0.326 e. The maximum atomic E-state index is 12.1. The van der Waals surface area contributed by atoms with Crippen molar-refractivity contribution in [1.29, 1.82) is 0 Å². The molecule has 1 unspecified atom stereocenters. The average Bonchev–Trinajstić information content (AvgIpc) is 2.78. The van der Waals surface area contributed by atoms with Gasteiger partial charge >= 0.3 is 0 Å². The molecule has 1 atom stereocenters. The van der Waals surface area contributed by atoms with Crippen LogP contribution in [0, 0.1) is 13.8 Å². The van der Waals surface area contributed by atoms with Crippen LogP contribution < -0.4 is 0 Å². The summed E-state index contributed by atoms with van der Waals surface area (Å²) in [6.45, 7) is 7.21. The summed E-state index contributed by atoms with van der Waals surface area (Å²) in [5.41, 5.74) is 3.88. The van der Waals surface area contributed by atoms with E-state index in [-0.39, 0.29) is 5.37 Å². The van der Waals surface area contributed by atoms with Crippen LogP contribution in [0.1, 0.15) is 41.8 Å². The highest BCUT2D eigenvalue weighted by Gasteiger charge is 2.30. The molecule has 1 aromatic rings. The molecule has 0 N–H and O–H groups in total. The van der Waals surface area contributed by atoms with Gasteiger partial charge in [-0.3, -0.25) is 4.79 Å². The van der Waals surface area contributed by atoms with E-state index in [2.05, 4.69) is 39.0 Å². The van der Waals surface area contributed by atoms with Gasteiger partial charge in [-0.2, -0.15) is 0 Å². The van der Waals surface area contributed by atoms with Gasteiger partial charge in [-0.15, -0.1) is 11.8 Å². The Kier molecular flexibility index (Phi) is 4.33. The number of hydrogen-bond donors (Lipinski definition) is 0. The minimum atomic E-state index is 0.227. The maximum Gasteiger partial charge on any atom is 0.223 e. The van der Waals surface area contributed by atoms with Gasteiger partial charge < -0.3 is 4.90 Å². The monoisotopic (exact) mass is 263 g/mol. The molecule has 2 nitrogen and oxygen atoms in total. The van der Waals surface area contributed by atoms with E-state index in [9.17, 15) is 4.79 Å². The van der Waals surface area contributed by atoms with Crippen molar-refractivity contribution in [2.45, 2.75) is 39.0 Å². The number of nitrogens with zero attached hydrogens (tertiary/aromatic N) is 1. The van der Waals surface area contributed by atoms with Crippen LogP contribution in [0.3, 0.4) is 0 Å². The minimum Gasteiger partial charge on any atom is -0.326 e. The molecule has 1 aliphatic rings. The van der Waals surface area contributed by atoms with Gasteiger partial charge in [-0.1, -0.05) is 30.7 Å². The second-order valence-corrected chi connectivity index (χ2v) is 6.11. The van der Waals surface area contributed by atoms with E-state index in [1.807, 2.05) is 16.7 Å². The first kappa shape index (κ1) is 13.5. The fraction of sp³-hybridized carbons (Fsp3) is 0.533. The summed E-state index contributed by atoms with van der Waals surface area (Å²) in [7, 11) is 0. The van der Waals surface area contributed by atoms with Crippen molar-refractivity contribution in [3.8, 4) is 0 Å². The number of aryl methyl sites for hydroxylation is 2. The topological polar surface area (TPSA) is 20.3 Å². The van der Waals surface area contributed by atoms with Gasteiger partial charge in [0, 0.05) is 18.7 Å². The Bertz CT molecular complexity index is 444. The summed E-state index contributed by atoms with van der Waals surface area (Å²) in [5.74, 6) is 1.35. The normalized spacial score (nSPS) is 19.3. The van der Waals surface area contributed by atoms with E-state index >= 15 is 0 Å². The molecule has 0 aliphatic carbocycles. The molecule has 2 rings (SSSR count). The zero-order valence-electron chi connectivity index (χ0n) is 11.4. The smallest absolute Gasteiger partial charge is 0.223 e. The molecule has 3 heteroatoms. The number of amides is 1. The van der Waals surface area contributed by atoms with Crippen molar-refractivity contribution < 1.29 is 4.79 Å². The molecule has 0 saturated carbocycles. The summed E-state index contributed by atoms with van der Waals surface area (Å²) >= 11 is 1.88. The highest BCUT2D eigenvalue weighted by Crippen LogP contribution is 2.39. The first-order valence-electron chi connectivity index (χ1n) is 6.61. The van der Waals surface area contributed by atoms with E-state index in [1.165, 1.54) is 16.7 Å². The Morgan fingerprint density at radius 3 is 2.89 bits per heavy atom. The second-order valence-electron chi connectivity index (χ2n) is 4.92. The molecule has 1 fully saturated rings. The minimum absolute atomic E-state index is 0.227. The Hall–Kier alpha value is -0.960. The van der Waals surface area contributed by atoms with Crippen LogP contribution in [-0.4, -0.2) is 23.1 Å². The molecule has 1 aromatic carbocycles. The Labute approximate surface area is 114 Å². The van der Waals surface area contributed by atoms with Crippen molar-refractivity contribution in [1.82, 2.24) is 4.90 Å². The number of carbonyl (C=O) groups is 1. The highest BCUT2D eigenvalue weighted by molar-refractivity contribution is 7.99. The third kappa shape index (κ3) is 2.72. The van der Waals surface area contributed by atoms with Gasteiger partial charge in [0.2, 0.25) is 5.91 Å². The molecule has 0 radical (unpaired) electrons. The summed E-state index contributed by atoms with van der Waals surface area (Å²) in [5, 5.41) is 0.227. The highest BCUT2D eigenvalue weighted by atomic mass is 32.2. The zero-order chi connectivity index (χ0) is 13.1. The second kappa shape index (κ2) is 5.79. The predicted molar refractivity (Wildman–Crippen MR) is 77.7 cm³/mol. The van der Waals surface area contributed by atoms with Gasteiger partial charge in [0.15, 0.2) is 0 Å². The van der Waals surface area contributed by atoms with Crippen LogP contribution in [0.2, 0.25) is 0 Å². The van der Waals surface area contributed by atoms with Crippen molar-refractivity contribution in [2.24, 2.45) is 0 Å². The molecular formula is C15H21NOS. The van der Waals surface area contributed by atoms with E-state index in [0.717, 1.165) is 18.7 Å². The third-order valence-electron chi connectivity index (χ3n) is 3.37. The van der Waals surface area contributed by atoms with Crippen LogP contribution in [0.15, 0.2) is 18.2 Å². The van der Waals surface area contributed by atoms with Crippen LogP contribution in [-0.2, 0) is 4.79 Å². The van der Waals surface area contributed by atoms with Crippen LogP contribution >= 0.6 is 11.8 Å². The maximum absolute atomic E-state index is 12.1.